The summed E-state index contributed by atoms with van der Waals surface area (Å²) < 4.78 is 10.4. The number of carbonyl (C=O) groups excluding carboxylic acids is 2. The Morgan fingerprint density at radius 1 is 1.26 bits per heavy atom. The van der Waals surface area contributed by atoms with Gasteiger partial charge in [-0.15, -0.1) is 0 Å². The molecule has 1 amide bonds. The first kappa shape index (κ1) is 19.3. The van der Waals surface area contributed by atoms with Crippen LogP contribution in [0.3, 0.4) is 0 Å². The number of nitrogens with two attached hydrogens (primary N) is 1. The van der Waals surface area contributed by atoms with E-state index in [1.54, 1.807) is 20.8 Å². The molecule has 2 atom stereocenters. The molecule has 0 aliphatic rings. The van der Waals surface area contributed by atoms with Crippen LogP contribution in [0, 0.1) is 0 Å². The van der Waals surface area contributed by atoms with E-state index in [1.807, 2.05) is 30.3 Å². The molecule has 0 spiro atoms. The van der Waals surface area contributed by atoms with Crippen molar-refractivity contribution in [2.24, 2.45) is 5.73 Å². The van der Waals surface area contributed by atoms with E-state index in [0.717, 1.165) is 5.56 Å². The van der Waals surface area contributed by atoms with Crippen molar-refractivity contribution in [1.82, 2.24) is 5.32 Å². The molecule has 0 aliphatic heterocycles. The molecule has 7 heteroatoms. The Bertz CT molecular complexity index is 515. The average Bonchev–Trinajstić information content (AvgIpc) is 2.43. The molecule has 128 valence electrons. The van der Waals surface area contributed by atoms with E-state index in [9.17, 15) is 9.59 Å². The lowest BCUT2D eigenvalue weighted by Crippen LogP contribution is -2.46. The Kier molecular flexibility index (Phi) is 7.38. The van der Waals surface area contributed by atoms with Gasteiger partial charge in [-0.25, -0.2) is 9.59 Å². The lowest BCUT2D eigenvalue weighted by Gasteiger charge is -2.25. The summed E-state index contributed by atoms with van der Waals surface area (Å²) >= 11 is 4.05. The van der Waals surface area contributed by atoms with Crippen LogP contribution in [0.15, 0.2) is 30.3 Å². The highest BCUT2D eigenvalue weighted by atomic mass is 32.1. The third-order valence-electron chi connectivity index (χ3n) is 2.67. The molecule has 0 radical (unpaired) electrons. The molecule has 0 aromatic heterocycles. The van der Waals surface area contributed by atoms with E-state index in [-0.39, 0.29) is 13.0 Å². The maximum atomic E-state index is 12.1. The number of nitrogens with one attached hydrogen (secondary N) is 1. The fraction of sp³-hybridized carbons (Fsp3) is 0.500. The number of alkyl carbamates (subject to hydrolysis) is 1. The first-order valence-corrected chi connectivity index (χ1v) is 7.83. The van der Waals surface area contributed by atoms with Gasteiger partial charge in [0.1, 0.15) is 18.2 Å². The fourth-order valence-electron chi connectivity index (χ4n) is 1.74. The summed E-state index contributed by atoms with van der Waals surface area (Å²) in [6.07, 6.45) is -0.572. The van der Waals surface area contributed by atoms with E-state index in [0.29, 0.717) is 0 Å². The molecule has 6 nitrogen and oxygen atoms in total. The van der Waals surface area contributed by atoms with Gasteiger partial charge in [0.15, 0.2) is 0 Å². The van der Waals surface area contributed by atoms with Gasteiger partial charge >= 0.3 is 12.1 Å². The molecule has 0 heterocycles. The second kappa shape index (κ2) is 8.79. The number of rotatable bonds is 6. The smallest absolute Gasteiger partial charge is 0.408 e. The van der Waals surface area contributed by atoms with E-state index in [2.05, 4.69) is 17.9 Å². The number of ether oxygens (including phenoxy) is 2. The van der Waals surface area contributed by atoms with E-state index >= 15 is 0 Å². The minimum absolute atomic E-state index is 0.112. The summed E-state index contributed by atoms with van der Waals surface area (Å²) in [6.45, 7) is 5.35. The first-order chi connectivity index (χ1) is 10.7. The van der Waals surface area contributed by atoms with Gasteiger partial charge in [0.25, 0.3) is 0 Å². The molecule has 0 saturated carbocycles. The van der Waals surface area contributed by atoms with Crippen molar-refractivity contribution in [2.45, 2.75) is 50.8 Å². The second-order valence-electron chi connectivity index (χ2n) is 6.10. The van der Waals surface area contributed by atoms with Crippen molar-refractivity contribution in [3.05, 3.63) is 35.9 Å². The van der Waals surface area contributed by atoms with Crippen molar-refractivity contribution in [3.63, 3.8) is 0 Å². The molecule has 23 heavy (non-hydrogen) atoms. The maximum Gasteiger partial charge on any atom is 0.408 e. The summed E-state index contributed by atoms with van der Waals surface area (Å²) in [5, 5.41) is 1.91. The number of esters is 1. The number of amides is 1. The predicted molar refractivity (Wildman–Crippen MR) is 91.0 cm³/mol. The van der Waals surface area contributed by atoms with Crippen LogP contribution in [0.25, 0.3) is 0 Å². The van der Waals surface area contributed by atoms with Gasteiger partial charge in [-0.1, -0.05) is 30.3 Å². The number of benzene rings is 1. The molecule has 1 aromatic carbocycles. The second-order valence-corrected chi connectivity index (χ2v) is 6.76. The third kappa shape index (κ3) is 8.47. The standard InChI is InChI=1S/C16H24N2O4S/c1-16(2,3)22-14(19)12(9-13(17)23)18-15(20)21-10-11-7-5-4-6-8-11/h4-8,12-13,23H,9-10,17H2,1-3H3,(H,18,20)/t12-,13-/m0/s1. The van der Waals surface area contributed by atoms with Crippen LogP contribution in [-0.4, -0.2) is 29.1 Å². The van der Waals surface area contributed by atoms with E-state index < -0.39 is 29.1 Å². The Labute approximate surface area is 142 Å². The minimum Gasteiger partial charge on any atom is -0.458 e. The predicted octanol–water partition coefficient (Wildman–Crippen LogP) is 2.23. The van der Waals surface area contributed by atoms with Gasteiger partial charge in [0.05, 0.1) is 5.37 Å². The molecule has 1 aromatic rings. The Morgan fingerprint density at radius 3 is 2.39 bits per heavy atom. The van der Waals surface area contributed by atoms with E-state index in [1.165, 1.54) is 0 Å². The zero-order valence-corrected chi connectivity index (χ0v) is 14.5. The zero-order valence-electron chi connectivity index (χ0n) is 13.6. The molecular weight excluding hydrogens is 316 g/mol. The number of hydrogen-bond donors (Lipinski definition) is 3. The topological polar surface area (TPSA) is 90.6 Å². The summed E-state index contributed by atoms with van der Waals surface area (Å²) in [5.41, 5.74) is 5.79. The van der Waals surface area contributed by atoms with Gasteiger partial charge in [-0.2, -0.15) is 12.6 Å². The minimum atomic E-state index is -0.912. The van der Waals surface area contributed by atoms with Gasteiger partial charge in [0.2, 0.25) is 0 Å². The Balaban J connectivity index is 2.58. The van der Waals surface area contributed by atoms with Crippen molar-refractivity contribution in [1.29, 1.82) is 0 Å². The van der Waals surface area contributed by atoms with Gasteiger partial charge in [0, 0.05) is 6.42 Å². The first-order valence-electron chi connectivity index (χ1n) is 7.31. The monoisotopic (exact) mass is 340 g/mol. The third-order valence-corrected chi connectivity index (χ3v) is 2.88. The quantitative estimate of drug-likeness (QED) is 0.420. The number of carbonyl (C=O) groups is 2. The zero-order chi connectivity index (χ0) is 17.5. The van der Waals surface area contributed by atoms with Crippen molar-refractivity contribution < 1.29 is 19.1 Å². The van der Waals surface area contributed by atoms with Crippen LogP contribution in [0.2, 0.25) is 0 Å². The van der Waals surface area contributed by atoms with Crippen molar-refractivity contribution in [2.75, 3.05) is 0 Å². The van der Waals surface area contributed by atoms with Crippen molar-refractivity contribution in [3.8, 4) is 0 Å². The molecule has 0 saturated heterocycles. The SMILES string of the molecule is CC(C)(C)OC(=O)[C@H](C[C@@H](N)S)NC(=O)OCc1ccccc1. The number of thiol groups is 1. The van der Waals surface area contributed by atoms with Crippen LogP contribution >= 0.6 is 12.6 Å². The summed E-state index contributed by atoms with van der Waals surface area (Å²) in [4.78, 5) is 24.0. The molecule has 0 fully saturated rings. The molecule has 1 rings (SSSR count). The van der Waals surface area contributed by atoms with Crippen LogP contribution in [-0.2, 0) is 20.9 Å². The van der Waals surface area contributed by atoms with Crippen LogP contribution in [0.4, 0.5) is 4.79 Å². The molecule has 0 aliphatic carbocycles. The van der Waals surface area contributed by atoms with Crippen LogP contribution in [0.5, 0.6) is 0 Å². The summed E-state index contributed by atoms with van der Waals surface area (Å²) in [5.74, 6) is -0.571. The highest BCUT2D eigenvalue weighted by Crippen LogP contribution is 2.11. The largest absolute Gasteiger partial charge is 0.458 e. The lowest BCUT2D eigenvalue weighted by atomic mass is 10.1. The maximum absolute atomic E-state index is 12.1. The molecule has 0 unspecified atom stereocenters. The van der Waals surface area contributed by atoms with Gasteiger partial charge < -0.3 is 20.5 Å². The highest BCUT2D eigenvalue weighted by Gasteiger charge is 2.28. The molecule has 3 N–H and O–H groups in total. The normalized spacial score (nSPS) is 13.8. The molecule has 0 bridgehead atoms. The van der Waals surface area contributed by atoms with Gasteiger partial charge in [-0.3, -0.25) is 0 Å². The fourth-order valence-corrected chi connectivity index (χ4v) is 1.95. The summed E-state index contributed by atoms with van der Waals surface area (Å²) in [7, 11) is 0. The van der Waals surface area contributed by atoms with Crippen LogP contribution < -0.4 is 11.1 Å². The van der Waals surface area contributed by atoms with Crippen molar-refractivity contribution >= 4 is 24.7 Å². The molecular formula is C16H24N2O4S. The van der Waals surface area contributed by atoms with Gasteiger partial charge in [-0.05, 0) is 26.3 Å². The Hall–Kier alpha value is -1.73. The van der Waals surface area contributed by atoms with Crippen LogP contribution in [0.1, 0.15) is 32.8 Å². The average molecular weight is 340 g/mol. The lowest BCUT2D eigenvalue weighted by molar-refractivity contribution is -0.157. The van der Waals surface area contributed by atoms with E-state index in [4.69, 9.17) is 15.2 Å². The Morgan fingerprint density at radius 2 is 1.87 bits per heavy atom. The summed E-state index contributed by atoms with van der Waals surface area (Å²) in [6, 6.07) is 8.32. The highest BCUT2D eigenvalue weighted by molar-refractivity contribution is 7.80. The number of hydrogen-bond acceptors (Lipinski definition) is 6.